The van der Waals surface area contributed by atoms with Crippen LogP contribution in [0, 0.1) is 12.8 Å². The number of likely N-dealkylation sites (tertiary alicyclic amines) is 2. The van der Waals surface area contributed by atoms with Crippen molar-refractivity contribution in [1.29, 1.82) is 0 Å². The van der Waals surface area contributed by atoms with Crippen LogP contribution in [0.25, 0.3) is 0 Å². The molecule has 4 aliphatic rings. The van der Waals surface area contributed by atoms with Gasteiger partial charge in [0.15, 0.2) is 0 Å². The zero-order valence-corrected chi connectivity index (χ0v) is 27.8. The lowest BCUT2D eigenvalue weighted by Crippen LogP contribution is -2.58. The number of benzene rings is 1. The van der Waals surface area contributed by atoms with E-state index in [4.69, 9.17) is 4.74 Å². The fourth-order valence-corrected chi connectivity index (χ4v) is 8.37. The van der Waals surface area contributed by atoms with Gasteiger partial charge in [-0.3, -0.25) is 9.69 Å². The molecule has 3 aliphatic heterocycles. The van der Waals surface area contributed by atoms with Gasteiger partial charge in [0.1, 0.15) is 5.56 Å². The number of aryl methyl sites for hydroxylation is 1. The van der Waals surface area contributed by atoms with Gasteiger partial charge in [-0.05, 0) is 83.6 Å². The Balaban J connectivity index is 1.07. The molecular weight excluding hydrogens is 611 g/mol. The number of amides is 3. The maximum atomic E-state index is 14.1. The zero-order valence-electron chi connectivity index (χ0n) is 27.8. The van der Waals surface area contributed by atoms with Gasteiger partial charge in [-0.25, -0.2) is 4.79 Å². The number of ether oxygens (including phenoxy) is 1. The molecule has 1 aromatic heterocycles. The second-order valence-electron chi connectivity index (χ2n) is 14.1. The standard InChI is InChI=1S/C35H48F3N5O4/c1-4-46-28-12-10-25(11-13-28)22-41-23-29(26-8-6-5-7-9-26)43(33(41)45)27-14-18-42(19-15-27)34(3)16-20-40(21-17-34)32(44)30-24(2)39-47-31(30)35(36,37)38/h5-9,25,27-29H,4,10-23H2,1-3H3/t25?,28?,29-/m0/s1. The van der Waals surface area contributed by atoms with Gasteiger partial charge in [0.2, 0.25) is 0 Å². The zero-order chi connectivity index (χ0) is 33.3. The fraction of sp³-hybridized carbons (Fsp3) is 0.686. The fourth-order valence-electron chi connectivity index (χ4n) is 8.37. The third-order valence-corrected chi connectivity index (χ3v) is 11.2. The summed E-state index contributed by atoms with van der Waals surface area (Å²) in [5, 5.41) is 3.43. The van der Waals surface area contributed by atoms with E-state index < -0.39 is 23.4 Å². The van der Waals surface area contributed by atoms with Crippen molar-refractivity contribution in [1.82, 2.24) is 24.8 Å². The van der Waals surface area contributed by atoms with Crippen LogP contribution >= 0.6 is 0 Å². The Morgan fingerprint density at radius 3 is 2.30 bits per heavy atom. The van der Waals surface area contributed by atoms with Crippen molar-refractivity contribution < 1.29 is 32.0 Å². The second kappa shape index (κ2) is 13.8. The van der Waals surface area contributed by atoms with Gasteiger partial charge in [-0.2, -0.15) is 13.2 Å². The van der Waals surface area contributed by atoms with Crippen molar-refractivity contribution in [2.45, 2.75) is 102 Å². The minimum Gasteiger partial charge on any atom is -0.379 e. The Bertz CT molecular complexity index is 1380. The van der Waals surface area contributed by atoms with E-state index in [0.29, 0.717) is 44.5 Å². The van der Waals surface area contributed by atoms with E-state index in [1.165, 1.54) is 17.4 Å². The van der Waals surface area contributed by atoms with E-state index in [2.05, 4.69) is 43.4 Å². The number of aromatic nitrogens is 1. The van der Waals surface area contributed by atoms with Gasteiger partial charge in [0.25, 0.3) is 11.7 Å². The van der Waals surface area contributed by atoms with Crippen molar-refractivity contribution in [2.24, 2.45) is 5.92 Å². The van der Waals surface area contributed by atoms with Gasteiger partial charge in [-0.1, -0.05) is 35.5 Å². The van der Waals surface area contributed by atoms with Gasteiger partial charge in [0, 0.05) is 57.5 Å². The summed E-state index contributed by atoms with van der Waals surface area (Å²) in [6.45, 7) is 10.2. The number of rotatable bonds is 8. The van der Waals surface area contributed by atoms with Crippen LogP contribution in [0.4, 0.5) is 18.0 Å². The molecule has 47 heavy (non-hydrogen) atoms. The van der Waals surface area contributed by atoms with Crippen molar-refractivity contribution in [3.63, 3.8) is 0 Å². The number of alkyl halides is 3. The first-order chi connectivity index (χ1) is 22.5. The SMILES string of the molecule is CCOC1CCC(CN2C[C@@H](c3ccccc3)N(C3CCN(C4(C)CCN(C(=O)c5c(C)noc5C(F)(F)F)CC4)CC3)C2=O)CC1. The summed E-state index contributed by atoms with van der Waals surface area (Å²) in [6.07, 6.45) is 2.89. The normalized spacial score (nSPS) is 26.3. The Hall–Kier alpha value is -3.12. The average Bonchev–Trinajstić information content (AvgIpc) is 3.62. The maximum absolute atomic E-state index is 14.1. The maximum Gasteiger partial charge on any atom is 0.453 e. The highest BCUT2D eigenvalue weighted by atomic mass is 19.4. The van der Waals surface area contributed by atoms with E-state index in [1.54, 1.807) is 0 Å². The Morgan fingerprint density at radius 1 is 1.02 bits per heavy atom. The average molecular weight is 660 g/mol. The van der Waals surface area contributed by atoms with Gasteiger partial charge in [0.05, 0.1) is 17.8 Å². The molecule has 9 nitrogen and oxygen atoms in total. The summed E-state index contributed by atoms with van der Waals surface area (Å²) in [5.41, 5.74) is 0.456. The van der Waals surface area contributed by atoms with Crippen molar-refractivity contribution in [2.75, 3.05) is 45.9 Å². The van der Waals surface area contributed by atoms with E-state index in [1.807, 2.05) is 25.1 Å². The third-order valence-electron chi connectivity index (χ3n) is 11.2. The number of urea groups is 1. The van der Waals surface area contributed by atoms with E-state index in [-0.39, 0.29) is 29.3 Å². The lowest BCUT2D eigenvalue weighted by Gasteiger charge is -2.50. The molecule has 1 aliphatic carbocycles. The summed E-state index contributed by atoms with van der Waals surface area (Å²) < 4.78 is 50.7. The number of hydrogen-bond acceptors (Lipinski definition) is 6. The van der Waals surface area contributed by atoms with Crippen LogP contribution < -0.4 is 0 Å². The first-order valence-corrected chi connectivity index (χ1v) is 17.3. The van der Waals surface area contributed by atoms with Gasteiger partial charge >= 0.3 is 12.2 Å². The molecule has 0 radical (unpaired) electrons. The highest BCUT2D eigenvalue weighted by Gasteiger charge is 2.47. The van der Waals surface area contributed by atoms with Crippen LogP contribution in [0.3, 0.4) is 0 Å². The van der Waals surface area contributed by atoms with Gasteiger partial charge in [-0.15, -0.1) is 0 Å². The van der Waals surface area contributed by atoms with Crippen molar-refractivity contribution in [3.05, 3.63) is 52.9 Å². The number of piperidine rings is 2. The molecule has 1 saturated carbocycles. The first kappa shape index (κ1) is 33.8. The highest BCUT2D eigenvalue weighted by Crippen LogP contribution is 2.40. The Morgan fingerprint density at radius 2 is 1.68 bits per heavy atom. The van der Waals surface area contributed by atoms with Crippen LogP contribution in [-0.4, -0.2) is 100 Å². The van der Waals surface area contributed by atoms with Crippen LogP contribution in [0.5, 0.6) is 0 Å². The molecule has 0 unspecified atom stereocenters. The van der Waals surface area contributed by atoms with Crippen molar-refractivity contribution >= 4 is 11.9 Å². The number of carbonyl (C=O) groups is 2. The molecular formula is C35H48F3N5O4. The highest BCUT2D eigenvalue weighted by molar-refractivity contribution is 5.96. The number of halogens is 3. The minimum absolute atomic E-state index is 0.0207. The Kier molecular flexibility index (Phi) is 9.90. The molecule has 2 aromatic rings. The topological polar surface area (TPSA) is 82.4 Å². The molecule has 12 heteroatoms. The number of hydrogen-bond donors (Lipinski definition) is 0. The monoisotopic (exact) mass is 659 g/mol. The van der Waals surface area contributed by atoms with Crippen LogP contribution in [-0.2, 0) is 10.9 Å². The lowest BCUT2D eigenvalue weighted by molar-refractivity contribution is -0.156. The summed E-state index contributed by atoms with van der Waals surface area (Å²) in [7, 11) is 0. The lowest BCUT2D eigenvalue weighted by atomic mass is 9.85. The predicted octanol–water partition coefficient (Wildman–Crippen LogP) is 6.54. The molecule has 4 heterocycles. The first-order valence-electron chi connectivity index (χ1n) is 17.3. The van der Waals surface area contributed by atoms with Crippen LogP contribution in [0.1, 0.15) is 98.6 Å². The van der Waals surface area contributed by atoms with Crippen LogP contribution in [0.15, 0.2) is 34.9 Å². The largest absolute Gasteiger partial charge is 0.453 e. The van der Waals surface area contributed by atoms with Crippen LogP contribution in [0.2, 0.25) is 0 Å². The molecule has 0 spiro atoms. The molecule has 3 saturated heterocycles. The second-order valence-corrected chi connectivity index (χ2v) is 14.1. The smallest absolute Gasteiger partial charge is 0.379 e. The molecule has 1 atom stereocenters. The van der Waals surface area contributed by atoms with E-state index >= 15 is 0 Å². The predicted molar refractivity (Wildman–Crippen MR) is 170 cm³/mol. The molecule has 6 rings (SSSR count). The molecule has 1 aromatic carbocycles. The Labute approximate surface area is 275 Å². The number of nitrogens with zero attached hydrogens (tertiary/aromatic N) is 5. The van der Waals surface area contributed by atoms with Gasteiger partial charge < -0.3 is 24.0 Å². The molecule has 4 fully saturated rings. The quantitative estimate of drug-likeness (QED) is 0.321. The van der Waals surface area contributed by atoms with E-state index in [0.717, 1.165) is 64.8 Å². The molecule has 0 N–H and O–H groups in total. The molecule has 258 valence electrons. The summed E-state index contributed by atoms with van der Waals surface area (Å²) in [4.78, 5) is 35.4. The molecule has 3 amide bonds. The molecule has 0 bridgehead atoms. The third kappa shape index (κ3) is 7.04. The number of carbonyl (C=O) groups excluding carboxylic acids is 2. The van der Waals surface area contributed by atoms with Crippen molar-refractivity contribution in [3.8, 4) is 0 Å². The summed E-state index contributed by atoms with van der Waals surface area (Å²) >= 11 is 0. The summed E-state index contributed by atoms with van der Waals surface area (Å²) in [5.74, 6) is -1.50. The van der Waals surface area contributed by atoms with E-state index in [9.17, 15) is 22.8 Å². The minimum atomic E-state index is -4.78. The summed E-state index contributed by atoms with van der Waals surface area (Å²) in [6, 6.07) is 10.7.